The third-order valence-electron chi connectivity index (χ3n) is 3.01. The molecule has 1 N–H and O–H groups in total. The molecule has 1 aromatic rings. The van der Waals surface area contributed by atoms with Gasteiger partial charge in [-0.3, -0.25) is 4.90 Å². The minimum atomic E-state index is 0.253. The van der Waals surface area contributed by atoms with Crippen molar-refractivity contribution < 1.29 is 5.11 Å². The molecule has 2 heterocycles. The zero-order valence-electron chi connectivity index (χ0n) is 11.8. The lowest BCUT2D eigenvalue weighted by atomic mass is 10.2. The molecule has 1 aromatic heterocycles. The SMILES string of the molecule is CC.Cc1ccnc(N2CCN(CCO)CC2)c1. The summed E-state index contributed by atoms with van der Waals surface area (Å²) in [6, 6.07) is 4.15. The van der Waals surface area contributed by atoms with E-state index < -0.39 is 0 Å². The average Bonchev–Trinajstić information content (AvgIpc) is 2.42. The summed E-state index contributed by atoms with van der Waals surface area (Å²) in [5.41, 5.74) is 1.25. The molecule has 18 heavy (non-hydrogen) atoms. The number of hydrogen-bond donors (Lipinski definition) is 1. The van der Waals surface area contributed by atoms with E-state index in [0.717, 1.165) is 38.5 Å². The van der Waals surface area contributed by atoms with Gasteiger partial charge in [-0.05, 0) is 24.6 Å². The minimum absolute atomic E-state index is 0.253. The number of aliphatic hydroxyl groups excluding tert-OH is 1. The number of anilines is 1. The fraction of sp³-hybridized carbons (Fsp3) is 0.643. The fourth-order valence-corrected chi connectivity index (χ4v) is 2.04. The molecule has 1 aliphatic heterocycles. The molecule has 0 saturated carbocycles. The summed E-state index contributed by atoms with van der Waals surface area (Å²) in [5.74, 6) is 1.07. The van der Waals surface area contributed by atoms with Crippen molar-refractivity contribution in [3.8, 4) is 0 Å². The highest BCUT2D eigenvalue weighted by molar-refractivity contribution is 5.41. The van der Waals surface area contributed by atoms with Crippen LogP contribution in [0.1, 0.15) is 19.4 Å². The van der Waals surface area contributed by atoms with Crippen LogP contribution in [0.3, 0.4) is 0 Å². The van der Waals surface area contributed by atoms with Gasteiger partial charge in [-0.1, -0.05) is 13.8 Å². The van der Waals surface area contributed by atoms with E-state index in [-0.39, 0.29) is 6.61 Å². The maximum atomic E-state index is 8.87. The Hall–Kier alpha value is -1.13. The molecule has 102 valence electrons. The molecule has 1 saturated heterocycles. The van der Waals surface area contributed by atoms with Crippen LogP contribution in [-0.4, -0.2) is 54.3 Å². The van der Waals surface area contributed by atoms with E-state index in [1.807, 2.05) is 26.1 Å². The van der Waals surface area contributed by atoms with Gasteiger partial charge in [0.05, 0.1) is 6.61 Å². The Bertz CT molecular complexity index is 336. The lowest BCUT2D eigenvalue weighted by molar-refractivity contribution is 0.188. The van der Waals surface area contributed by atoms with Crippen LogP contribution in [0.25, 0.3) is 0 Å². The second kappa shape index (κ2) is 8.06. The van der Waals surface area contributed by atoms with Crippen LogP contribution < -0.4 is 4.90 Å². The van der Waals surface area contributed by atoms with Gasteiger partial charge in [-0.15, -0.1) is 0 Å². The highest BCUT2D eigenvalue weighted by atomic mass is 16.3. The molecule has 0 aromatic carbocycles. The van der Waals surface area contributed by atoms with Crippen molar-refractivity contribution in [1.82, 2.24) is 9.88 Å². The summed E-state index contributed by atoms with van der Waals surface area (Å²) in [5, 5.41) is 8.87. The van der Waals surface area contributed by atoms with Crippen LogP contribution in [0.5, 0.6) is 0 Å². The number of rotatable bonds is 3. The van der Waals surface area contributed by atoms with Gasteiger partial charge in [-0.2, -0.15) is 0 Å². The zero-order chi connectivity index (χ0) is 13.4. The van der Waals surface area contributed by atoms with Crippen LogP contribution in [0, 0.1) is 6.92 Å². The van der Waals surface area contributed by atoms with Crippen molar-refractivity contribution in [2.24, 2.45) is 0 Å². The molecule has 1 aliphatic rings. The predicted molar refractivity (Wildman–Crippen MR) is 76.1 cm³/mol. The molecular formula is C14H25N3O. The topological polar surface area (TPSA) is 39.6 Å². The fourth-order valence-electron chi connectivity index (χ4n) is 2.04. The Kier molecular flexibility index (Phi) is 6.68. The van der Waals surface area contributed by atoms with E-state index in [4.69, 9.17) is 5.11 Å². The lowest BCUT2D eigenvalue weighted by Gasteiger charge is -2.35. The molecular weight excluding hydrogens is 226 g/mol. The van der Waals surface area contributed by atoms with Gasteiger partial charge in [0.25, 0.3) is 0 Å². The molecule has 0 aliphatic carbocycles. The molecule has 4 heteroatoms. The van der Waals surface area contributed by atoms with E-state index in [2.05, 4.69) is 27.8 Å². The van der Waals surface area contributed by atoms with E-state index in [9.17, 15) is 0 Å². The van der Waals surface area contributed by atoms with E-state index >= 15 is 0 Å². The normalized spacial score (nSPS) is 16.1. The summed E-state index contributed by atoms with van der Waals surface area (Å²) >= 11 is 0. The molecule has 0 spiro atoms. The molecule has 0 atom stereocenters. The number of pyridine rings is 1. The Morgan fingerprint density at radius 2 is 1.89 bits per heavy atom. The monoisotopic (exact) mass is 251 g/mol. The summed E-state index contributed by atoms with van der Waals surface area (Å²) in [6.45, 7) is 11.1. The second-order valence-electron chi connectivity index (χ2n) is 4.24. The molecule has 0 bridgehead atoms. The third kappa shape index (κ3) is 4.27. The van der Waals surface area contributed by atoms with Crippen LogP contribution in [0.15, 0.2) is 18.3 Å². The molecule has 2 rings (SSSR count). The van der Waals surface area contributed by atoms with Crippen LogP contribution >= 0.6 is 0 Å². The highest BCUT2D eigenvalue weighted by Crippen LogP contribution is 2.14. The first-order valence-electron chi connectivity index (χ1n) is 6.80. The van der Waals surface area contributed by atoms with Crippen LogP contribution in [0.2, 0.25) is 0 Å². The Labute approximate surface area is 110 Å². The first kappa shape index (κ1) is 14.9. The van der Waals surface area contributed by atoms with Gasteiger partial charge in [0.15, 0.2) is 0 Å². The van der Waals surface area contributed by atoms with Crippen molar-refractivity contribution in [2.45, 2.75) is 20.8 Å². The smallest absolute Gasteiger partial charge is 0.128 e. The number of aryl methyl sites for hydroxylation is 1. The quantitative estimate of drug-likeness (QED) is 0.884. The summed E-state index contributed by atoms with van der Waals surface area (Å²) in [4.78, 5) is 8.98. The standard InChI is InChI=1S/C12H19N3O.C2H6/c1-11-2-3-13-12(10-11)15-6-4-14(5-7-15)8-9-16;1-2/h2-3,10,16H,4-9H2,1H3;1-2H3. The van der Waals surface area contributed by atoms with Gasteiger partial charge in [0.2, 0.25) is 0 Å². The van der Waals surface area contributed by atoms with Crippen molar-refractivity contribution in [1.29, 1.82) is 0 Å². The highest BCUT2D eigenvalue weighted by Gasteiger charge is 2.17. The molecule has 4 nitrogen and oxygen atoms in total. The maximum absolute atomic E-state index is 8.87. The van der Waals surface area contributed by atoms with Crippen molar-refractivity contribution in [3.63, 3.8) is 0 Å². The molecule has 0 amide bonds. The summed E-state index contributed by atoms with van der Waals surface area (Å²) in [7, 11) is 0. The first-order valence-corrected chi connectivity index (χ1v) is 6.80. The number of hydrogen-bond acceptors (Lipinski definition) is 4. The Balaban J connectivity index is 0.000000771. The second-order valence-corrected chi connectivity index (χ2v) is 4.24. The van der Waals surface area contributed by atoms with Gasteiger partial charge < -0.3 is 10.0 Å². The van der Waals surface area contributed by atoms with E-state index in [0.29, 0.717) is 0 Å². The summed E-state index contributed by atoms with van der Waals surface area (Å²) in [6.07, 6.45) is 1.87. The predicted octanol–water partition coefficient (Wildman–Crippen LogP) is 1.53. The van der Waals surface area contributed by atoms with Crippen molar-refractivity contribution in [3.05, 3.63) is 23.9 Å². The number of piperazine rings is 1. The van der Waals surface area contributed by atoms with Crippen molar-refractivity contribution >= 4 is 5.82 Å². The number of aromatic nitrogens is 1. The van der Waals surface area contributed by atoms with Gasteiger partial charge >= 0.3 is 0 Å². The molecule has 0 radical (unpaired) electrons. The lowest BCUT2D eigenvalue weighted by Crippen LogP contribution is -2.47. The Morgan fingerprint density at radius 3 is 2.44 bits per heavy atom. The first-order chi connectivity index (χ1) is 8.79. The summed E-state index contributed by atoms with van der Waals surface area (Å²) < 4.78 is 0. The van der Waals surface area contributed by atoms with E-state index in [1.54, 1.807) is 0 Å². The minimum Gasteiger partial charge on any atom is -0.395 e. The van der Waals surface area contributed by atoms with Gasteiger partial charge in [0, 0.05) is 38.9 Å². The zero-order valence-corrected chi connectivity index (χ0v) is 11.8. The third-order valence-corrected chi connectivity index (χ3v) is 3.01. The Morgan fingerprint density at radius 1 is 1.22 bits per heavy atom. The molecule has 0 unspecified atom stereocenters. The van der Waals surface area contributed by atoms with Crippen molar-refractivity contribution in [2.75, 3.05) is 44.2 Å². The van der Waals surface area contributed by atoms with Gasteiger partial charge in [0.1, 0.15) is 5.82 Å². The maximum Gasteiger partial charge on any atom is 0.128 e. The number of aliphatic hydroxyl groups is 1. The number of β-amino-alcohol motifs (C(OH)–C–C–N with tert-alkyl or cyclic N) is 1. The average molecular weight is 251 g/mol. The van der Waals surface area contributed by atoms with Gasteiger partial charge in [-0.25, -0.2) is 4.98 Å². The molecule has 1 fully saturated rings. The van der Waals surface area contributed by atoms with Crippen LogP contribution in [-0.2, 0) is 0 Å². The number of nitrogens with zero attached hydrogens (tertiary/aromatic N) is 3. The van der Waals surface area contributed by atoms with Crippen LogP contribution in [0.4, 0.5) is 5.82 Å². The largest absolute Gasteiger partial charge is 0.395 e. The van der Waals surface area contributed by atoms with E-state index in [1.165, 1.54) is 5.56 Å².